The van der Waals surface area contributed by atoms with Crippen LogP contribution in [0.25, 0.3) is 16.6 Å². The number of hydrogen-bond acceptors (Lipinski definition) is 6. The summed E-state index contributed by atoms with van der Waals surface area (Å²) in [6, 6.07) is 11.2. The monoisotopic (exact) mass is 393 g/mol. The molecular formula is C21H19N3O3S. The van der Waals surface area contributed by atoms with Crippen LogP contribution in [0.15, 0.2) is 36.1 Å². The lowest BCUT2D eigenvalue weighted by Gasteiger charge is -2.16. The predicted octanol–water partition coefficient (Wildman–Crippen LogP) is 4.40. The second-order valence-corrected chi connectivity index (χ2v) is 8.16. The molecule has 0 saturated heterocycles. The standard InChI is InChI=1S/C21H19N3O3S/c1-12-6-7-18-13(8-12)9-19(28-18)21(26)27-11-17(25)14(10-22)20-23-15-4-2-3-5-16(15)24-20/h2-5,9,12,25H,6-8,11H2,1H3,(H,23,24)/t12-/m1/s1. The van der Waals surface area contributed by atoms with E-state index in [0.29, 0.717) is 16.3 Å². The van der Waals surface area contributed by atoms with Crippen molar-refractivity contribution in [3.05, 3.63) is 57.2 Å². The number of aliphatic hydroxyl groups is 1. The Bertz CT molecular complexity index is 1090. The normalized spacial score (nSPS) is 16.9. The van der Waals surface area contributed by atoms with Gasteiger partial charge in [0.2, 0.25) is 0 Å². The Balaban J connectivity index is 1.50. The second kappa shape index (κ2) is 7.49. The molecule has 2 aromatic heterocycles. The number of nitrogens with zero attached hydrogens (tertiary/aromatic N) is 2. The number of allylic oxidation sites excluding steroid dienone is 1. The smallest absolute Gasteiger partial charge is 0.348 e. The number of esters is 1. The van der Waals surface area contributed by atoms with Crippen LogP contribution in [-0.2, 0) is 17.6 Å². The van der Waals surface area contributed by atoms with Gasteiger partial charge in [-0.15, -0.1) is 11.3 Å². The van der Waals surface area contributed by atoms with Gasteiger partial charge in [-0.05, 0) is 48.9 Å². The van der Waals surface area contributed by atoms with Crippen LogP contribution in [0.5, 0.6) is 0 Å². The van der Waals surface area contributed by atoms with Crippen molar-refractivity contribution in [2.24, 2.45) is 5.92 Å². The molecule has 0 saturated carbocycles. The summed E-state index contributed by atoms with van der Waals surface area (Å²) in [7, 11) is 0. The Morgan fingerprint density at radius 3 is 3.07 bits per heavy atom. The lowest BCUT2D eigenvalue weighted by Crippen LogP contribution is -2.08. The number of thiophene rings is 1. The van der Waals surface area contributed by atoms with E-state index in [1.165, 1.54) is 21.8 Å². The van der Waals surface area contributed by atoms with Gasteiger partial charge in [0, 0.05) is 4.88 Å². The third-order valence-electron chi connectivity index (χ3n) is 4.90. The first-order valence-electron chi connectivity index (χ1n) is 9.11. The van der Waals surface area contributed by atoms with Gasteiger partial charge in [0.15, 0.2) is 11.6 Å². The fraction of sp³-hybridized carbons (Fsp3) is 0.286. The van der Waals surface area contributed by atoms with E-state index < -0.39 is 5.97 Å². The number of carbonyl (C=O) groups excluding carboxylic acids is 1. The number of benzene rings is 1. The molecule has 0 radical (unpaired) electrons. The van der Waals surface area contributed by atoms with E-state index in [4.69, 9.17) is 4.74 Å². The number of carbonyl (C=O) groups is 1. The van der Waals surface area contributed by atoms with Gasteiger partial charge >= 0.3 is 5.97 Å². The molecule has 6 nitrogen and oxygen atoms in total. The van der Waals surface area contributed by atoms with E-state index in [-0.39, 0.29) is 23.8 Å². The van der Waals surface area contributed by atoms with Gasteiger partial charge in [-0.1, -0.05) is 19.1 Å². The summed E-state index contributed by atoms with van der Waals surface area (Å²) < 4.78 is 5.24. The molecule has 28 heavy (non-hydrogen) atoms. The number of aryl methyl sites for hydroxylation is 1. The van der Waals surface area contributed by atoms with Crippen LogP contribution in [0.4, 0.5) is 0 Å². The first-order chi connectivity index (χ1) is 13.5. The van der Waals surface area contributed by atoms with Crippen LogP contribution in [0.3, 0.4) is 0 Å². The van der Waals surface area contributed by atoms with Crippen LogP contribution < -0.4 is 0 Å². The van der Waals surface area contributed by atoms with E-state index in [0.717, 1.165) is 24.8 Å². The number of hydrogen-bond donors (Lipinski definition) is 2. The maximum atomic E-state index is 12.4. The van der Waals surface area contributed by atoms with Crippen molar-refractivity contribution in [1.29, 1.82) is 5.26 Å². The topological polar surface area (TPSA) is 99.0 Å². The van der Waals surface area contributed by atoms with Crippen molar-refractivity contribution >= 4 is 33.9 Å². The highest BCUT2D eigenvalue weighted by Crippen LogP contribution is 2.32. The van der Waals surface area contributed by atoms with Gasteiger partial charge in [0.05, 0.1) is 11.0 Å². The highest BCUT2D eigenvalue weighted by Gasteiger charge is 2.22. The second-order valence-electron chi connectivity index (χ2n) is 7.02. The number of rotatable bonds is 4. The molecule has 0 amide bonds. The third kappa shape index (κ3) is 3.51. The fourth-order valence-electron chi connectivity index (χ4n) is 3.41. The Labute approximate surface area is 166 Å². The molecule has 4 rings (SSSR count). The molecule has 1 atom stereocenters. The van der Waals surface area contributed by atoms with E-state index in [1.54, 1.807) is 6.07 Å². The number of aliphatic hydroxyl groups excluding tert-OH is 1. The molecule has 0 unspecified atom stereocenters. The zero-order valence-corrected chi connectivity index (χ0v) is 16.2. The first kappa shape index (κ1) is 18.3. The van der Waals surface area contributed by atoms with Crippen molar-refractivity contribution in [1.82, 2.24) is 9.97 Å². The predicted molar refractivity (Wildman–Crippen MR) is 107 cm³/mol. The van der Waals surface area contributed by atoms with Crippen molar-refractivity contribution in [2.75, 3.05) is 6.61 Å². The summed E-state index contributed by atoms with van der Waals surface area (Å²) in [6.45, 7) is 1.83. The minimum Gasteiger partial charge on any atom is -0.507 e. The molecule has 3 aromatic rings. The van der Waals surface area contributed by atoms with Crippen LogP contribution in [0, 0.1) is 17.2 Å². The molecule has 0 bridgehead atoms. The van der Waals surface area contributed by atoms with Crippen molar-refractivity contribution in [3.8, 4) is 6.07 Å². The zero-order valence-electron chi connectivity index (χ0n) is 15.4. The summed E-state index contributed by atoms with van der Waals surface area (Å²) >= 11 is 1.45. The number of para-hydroxylation sites is 2. The number of nitrogens with one attached hydrogen (secondary N) is 1. The zero-order chi connectivity index (χ0) is 19.7. The molecule has 2 heterocycles. The summed E-state index contributed by atoms with van der Waals surface area (Å²) in [5.74, 6) is 0.0584. The highest BCUT2D eigenvalue weighted by molar-refractivity contribution is 7.14. The maximum absolute atomic E-state index is 12.4. The van der Waals surface area contributed by atoms with Crippen LogP contribution in [-0.4, -0.2) is 27.7 Å². The molecule has 7 heteroatoms. The Kier molecular flexibility index (Phi) is 4.88. The lowest BCUT2D eigenvalue weighted by molar-refractivity contribution is 0.0508. The summed E-state index contributed by atoms with van der Waals surface area (Å²) in [4.78, 5) is 21.5. The summed E-state index contributed by atoms with van der Waals surface area (Å²) in [6.07, 6.45) is 3.10. The van der Waals surface area contributed by atoms with Gasteiger partial charge in [0.1, 0.15) is 23.1 Å². The van der Waals surface area contributed by atoms with Gasteiger partial charge in [0.25, 0.3) is 0 Å². The van der Waals surface area contributed by atoms with Gasteiger partial charge < -0.3 is 14.8 Å². The highest BCUT2D eigenvalue weighted by atomic mass is 32.1. The fourth-order valence-corrected chi connectivity index (χ4v) is 4.51. The molecule has 1 aromatic carbocycles. The molecular weight excluding hydrogens is 374 g/mol. The van der Waals surface area contributed by atoms with E-state index in [1.807, 2.05) is 30.3 Å². The van der Waals surface area contributed by atoms with Crippen molar-refractivity contribution < 1.29 is 14.6 Å². The molecule has 2 N–H and O–H groups in total. The number of aromatic nitrogens is 2. The molecule has 1 aliphatic rings. The van der Waals surface area contributed by atoms with E-state index >= 15 is 0 Å². The maximum Gasteiger partial charge on any atom is 0.348 e. The van der Waals surface area contributed by atoms with Crippen LogP contribution in [0.1, 0.15) is 39.3 Å². The van der Waals surface area contributed by atoms with Crippen LogP contribution in [0.2, 0.25) is 0 Å². The average Bonchev–Trinajstić information content (AvgIpc) is 3.30. The number of fused-ring (bicyclic) bond motifs is 2. The summed E-state index contributed by atoms with van der Waals surface area (Å²) in [5, 5.41) is 19.7. The first-order valence-corrected chi connectivity index (χ1v) is 9.93. The van der Waals surface area contributed by atoms with Gasteiger partial charge in [-0.25, -0.2) is 9.78 Å². The Morgan fingerprint density at radius 1 is 1.46 bits per heavy atom. The molecule has 0 fully saturated rings. The Hall–Kier alpha value is -3.11. The van der Waals surface area contributed by atoms with Crippen LogP contribution >= 0.6 is 11.3 Å². The Morgan fingerprint density at radius 2 is 2.29 bits per heavy atom. The van der Waals surface area contributed by atoms with Crippen molar-refractivity contribution in [2.45, 2.75) is 26.2 Å². The SMILES string of the molecule is C[C@@H]1CCc2sc(C(=O)OCC(O)=C(C#N)c3nc4ccccc4[nH]3)cc2C1. The number of H-pyrrole nitrogens is 1. The molecule has 0 spiro atoms. The minimum absolute atomic E-state index is 0.0386. The van der Waals surface area contributed by atoms with Gasteiger partial charge in [-0.3, -0.25) is 0 Å². The third-order valence-corrected chi connectivity index (χ3v) is 6.11. The average molecular weight is 393 g/mol. The lowest BCUT2D eigenvalue weighted by atomic mass is 9.90. The quantitative estimate of drug-likeness (QED) is 0.389. The molecule has 0 aliphatic heterocycles. The molecule has 142 valence electrons. The van der Waals surface area contributed by atoms with Gasteiger partial charge in [-0.2, -0.15) is 5.26 Å². The van der Waals surface area contributed by atoms with E-state index in [9.17, 15) is 15.2 Å². The number of aromatic amines is 1. The largest absolute Gasteiger partial charge is 0.507 e. The minimum atomic E-state index is -0.486. The van der Waals surface area contributed by atoms with Crippen molar-refractivity contribution in [3.63, 3.8) is 0 Å². The molecule has 1 aliphatic carbocycles. The number of ether oxygens (including phenoxy) is 1. The number of nitriles is 1. The van der Waals surface area contributed by atoms with E-state index in [2.05, 4.69) is 16.9 Å². The summed E-state index contributed by atoms with van der Waals surface area (Å²) in [5.41, 5.74) is 2.63. The number of imidazole rings is 1.